The van der Waals surface area contributed by atoms with Gasteiger partial charge in [-0.05, 0) is 42.9 Å². The summed E-state index contributed by atoms with van der Waals surface area (Å²) in [7, 11) is 0. The molecule has 0 spiro atoms. The van der Waals surface area contributed by atoms with E-state index in [0.29, 0.717) is 24.2 Å². The molecule has 0 bridgehead atoms. The molecule has 2 atom stereocenters. The first-order valence-electron chi connectivity index (χ1n) is 10.8. The maximum absolute atomic E-state index is 12.4. The predicted molar refractivity (Wildman–Crippen MR) is 119 cm³/mol. The van der Waals surface area contributed by atoms with Gasteiger partial charge in [0.15, 0.2) is 0 Å². The lowest BCUT2D eigenvalue weighted by molar-refractivity contribution is -0.130. The van der Waals surface area contributed by atoms with Gasteiger partial charge in [0.2, 0.25) is 0 Å². The van der Waals surface area contributed by atoms with E-state index in [0.717, 1.165) is 43.2 Å². The second-order valence-electron chi connectivity index (χ2n) is 7.64. The molecule has 0 radical (unpaired) electrons. The van der Waals surface area contributed by atoms with Crippen LogP contribution in [0.15, 0.2) is 66.7 Å². The summed E-state index contributed by atoms with van der Waals surface area (Å²) in [5, 5.41) is 10.9. The van der Waals surface area contributed by atoms with Gasteiger partial charge in [-0.2, -0.15) is 0 Å². The van der Waals surface area contributed by atoms with Crippen LogP contribution in [-0.2, 0) is 11.2 Å². The number of aliphatic hydroxyl groups excluding tert-OH is 1. The molecule has 0 fully saturated rings. The summed E-state index contributed by atoms with van der Waals surface area (Å²) < 4.78 is 5.68. The summed E-state index contributed by atoms with van der Waals surface area (Å²) in [6.45, 7) is 8.09. The average molecular weight is 395 g/mol. The number of carbonyl (C=O) groups is 1. The van der Waals surface area contributed by atoms with E-state index in [2.05, 4.69) is 32.6 Å². The zero-order chi connectivity index (χ0) is 21.1. The Labute approximate surface area is 175 Å². The molecular weight excluding hydrogens is 360 g/mol. The fourth-order valence-electron chi connectivity index (χ4n) is 3.46. The van der Waals surface area contributed by atoms with E-state index in [-0.39, 0.29) is 11.9 Å². The summed E-state index contributed by atoms with van der Waals surface area (Å²) >= 11 is 0. The minimum Gasteiger partial charge on any atom is -0.423 e. The Bertz CT molecular complexity index is 767. The van der Waals surface area contributed by atoms with Gasteiger partial charge in [0.1, 0.15) is 5.75 Å². The number of esters is 1. The van der Waals surface area contributed by atoms with Crippen molar-refractivity contribution in [3.63, 3.8) is 0 Å². The van der Waals surface area contributed by atoms with Crippen molar-refractivity contribution in [1.29, 1.82) is 0 Å². The highest BCUT2D eigenvalue weighted by molar-refractivity contribution is 5.89. The Kier molecular flexibility index (Phi) is 9.66. The molecule has 2 unspecified atom stereocenters. The smallest absolute Gasteiger partial charge is 0.338 e. The molecule has 0 aliphatic rings. The molecule has 2 rings (SSSR count). The van der Waals surface area contributed by atoms with E-state index in [1.807, 2.05) is 42.5 Å². The van der Waals surface area contributed by atoms with Crippen molar-refractivity contribution in [2.24, 2.45) is 0 Å². The molecule has 1 N–H and O–H groups in total. The van der Waals surface area contributed by atoms with Crippen LogP contribution in [-0.4, -0.2) is 17.2 Å². The van der Waals surface area contributed by atoms with Crippen LogP contribution in [0.3, 0.4) is 0 Å². The number of aliphatic hydroxyl groups is 1. The largest absolute Gasteiger partial charge is 0.423 e. The zero-order valence-corrected chi connectivity index (χ0v) is 17.8. The number of carbonyl (C=O) groups excluding carboxylic acids is 1. The van der Waals surface area contributed by atoms with Gasteiger partial charge in [0, 0.05) is 11.5 Å². The van der Waals surface area contributed by atoms with Gasteiger partial charge in [-0.15, -0.1) is 0 Å². The first-order valence-corrected chi connectivity index (χ1v) is 10.8. The van der Waals surface area contributed by atoms with Crippen molar-refractivity contribution in [2.75, 3.05) is 0 Å². The van der Waals surface area contributed by atoms with Gasteiger partial charge in [-0.3, -0.25) is 0 Å². The van der Waals surface area contributed by atoms with Crippen molar-refractivity contribution in [1.82, 2.24) is 0 Å². The highest BCUT2D eigenvalue weighted by Crippen LogP contribution is 2.31. The van der Waals surface area contributed by atoms with Crippen molar-refractivity contribution in [3.05, 3.63) is 77.9 Å². The molecule has 29 heavy (non-hydrogen) atoms. The fourth-order valence-corrected chi connectivity index (χ4v) is 3.46. The second-order valence-corrected chi connectivity index (χ2v) is 7.64. The maximum Gasteiger partial charge on any atom is 0.338 e. The predicted octanol–water partition coefficient (Wildman–Crippen LogP) is 6.22. The topological polar surface area (TPSA) is 46.5 Å². The maximum atomic E-state index is 12.4. The summed E-state index contributed by atoms with van der Waals surface area (Å²) in [5.74, 6) is 0.137. The van der Waals surface area contributed by atoms with E-state index in [1.54, 1.807) is 0 Å². The number of ether oxygens (including phenoxy) is 1. The lowest BCUT2D eigenvalue weighted by atomic mass is 9.85. The minimum atomic E-state index is -0.444. The molecule has 2 aromatic carbocycles. The van der Waals surface area contributed by atoms with Crippen molar-refractivity contribution < 1.29 is 14.6 Å². The summed E-state index contributed by atoms with van der Waals surface area (Å²) in [5.41, 5.74) is 2.53. The molecule has 0 saturated carbocycles. The zero-order valence-electron chi connectivity index (χ0n) is 17.8. The monoisotopic (exact) mass is 394 g/mol. The van der Waals surface area contributed by atoms with E-state index in [4.69, 9.17) is 4.74 Å². The molecule has 3 heteroatoms. The van der Waals surface area contributed by atoms with Crippen LogP contribution in [0.2, 0.25) is 0 Å². The molecule has 0 heterocycles. The summed E-state index contributed by atoms with van der Waals surface area (Å²) in [6.07, 6.45) is 5.55. The van der Waals surface area contributed by atoms with Crippen LogP contribution in [0.25, 0.3) is 0 Å². The first kappa shape index (κ1) is 22.9. The van der Waals surface area contributed by atoms with Crippen molar-refractivity contribution >= 4 is 5.97 Å². The Morgan fingerprint density at radius 1 is 1.00 bits per heavy atom. The average Bonchev–Trinajstić information content (AvgIpc) is 2.75. The van der Waals surface area contributed by atoms with Gasteiger partial charge in [-0.25, -0.2) is 4.79 Å². The third kappa shape index (κ3) is 7.17. The number of para-hydroxylation sites is 1. The number of rotatable bonds is 12. The summed E-state index contributed by atoms with van der Waals surface area (Å²) in [6, 6.07) is 17.7. The lowest BCUT2D eigenvalue weighted by Crippen LogP contribution is -2.21. The van der Waals surface area contributed by atoms with Gasteiger partial charge in [0.05, 0.1) is 6.10 Å². The fraction of sp³-hybridized carbons (Fsp3) is 0.423. The number of hydrogen-bond acceptors (Lipinski definition) is 3. The van der Waals surface area contributed by atoms with Crippen LogP contribution in [0, 0.1) is 0 Å². The molecule has 0 saturated heterocycles. The van der Waals surface area contributed by atoms with Gasteiger partial charge < -0.3 is 9.84 Å². The molecule has 0 aromatic heterocycles. The minimum absolute atomic E-state index is 0.0501. The van der Waals surface area contributed by atoms with Crippen LogP contribution in [0.1, 0.15) is 69.4 Å². The standard InChI is InChI=1S/C26H34O3/c1-4-6-13-20(3)26(28)29-25-18-12-11-16-22(25)19-23(24(27)17-7-5-2)21-14-9-8-10-15-21/h8-12,14-16,18,23-24,27H,3-7,13,17,19H2,1-2H3. The van der Waals surface area contributed by atoms with E-state index in [9.17, 15) is 9.90 Å². The quantitative estimate of drug-likeness (QED) is 0.264. The number of hydrogen-bond donors (Lipinski definition) is 1. The molecule has 0 amide bonds. The number of benzene rings is 2. The molecule has 2 aromatic rings. The highest BCUT2D eigenvalue weighted by Gasteiger charge is 2.23. The van der Waals surface area contributed by atoms with E-state index < -0.39 is 6.10 Å². The molecular formula is C26H34O3. The Balaban J connectivity index is 2.21. The molecule has 0 aliphatic carbocycles. The van der Waals surface area contributed by atoms with Crippen LogP contribution >= 0.6 is 0 Å². The summed E-state index contributed by atoms with van der Waals surface area (Å²) in [4.78, 5) is 12.4. The Morgan fingerprint density at radius 3 is 2.34 bits per heavy atom. The second kappa shape index (κ2) is 12.2. The Morgan fingerprint density at radius 2 is 1.66 bits per heavy atom. The Hall–Kier alpha value is -2.39. The number of unbranched alkanes of at least 4 members (excludes halogenated alkanes) is 2. The van der Waals surface area contributed by atoms with Crippen molar-refractivity contribution in [2.45, 2.75) is 70.8 Å². The van der Waals surface area contributed by atoms with Gasteiger partial charge in [0.25, 0.3) is 0 Å². The first-order chi connectivity index (χ1) is 14.1. The SMILES string of the molecule is C=C(CCCC)C(=O)Oc1ccccc1CC(c1ccccc1)C(O)CCCC. The lowest BCUT2D eigenvalue weighted by Gasteiger charge is -2.24. The van der Waals surface area contributed by atoms with Crippen LogP contribution < -0.4 is 4.74 Å². The third-order valence-corrected chi connectivity index (χ3v) is 5.28. The van der Waals surface area contributed by atoms with E-state index in [1.165, 1.54) is 0 Å². The van der Waals surface area contributed by atoms with Crippen LogP contribution in [0.5, 0.6) is 5.75 Å². The third-order valence-electron chi connectivity index (χ3n) is 5.28. The van der Waals surface area contributed by atoms with E-state index >= 15 is 0 Å². The highest BCUT2D eigenvalue weighted by atomic mass is 16.5. The van der Waals surface area contributed by atoms with Gasteiger partial charge >= 0.3 is 5.97 Å². The van der Waals surface area contributed by atoms with Crippen molar-refractivity contribution in [3.8, 4) is 5.75 Å². The molecule has 156 valence electrons. The normalized spacial score (nSPS) is 12.9. The van der Waals surface area contributed by atoms with Crippen LogP contribution in [0.4, 0.5) is 0 Å². The molecule has 3 nitrogen and oxygen atoms in total. The van der Waals surface area contributed by atoms with Gasteiger partial charge in [-0.1, -0.05) is 88.2 Å². The molecule has 0 aliphatic heterocycles.